The van der Waals surface area contributed by atoms with E-state index in [1.54, 1.807) is 30.3 Å². The zero-order valence-electron chi connectivity index (χ0n) is 14.0. The van der Waals surface area contributed by atoms with Crippen LogP contribution in [0.25, 0.3) is 0 Å². The number of amides is 1. The second kappa shape index (κ2) is 7.86. The van der Waals surface area contributed by atoms with Crippen molar-refractivity contribution in [3.8, 4) is 5.75 Å². The number of sulfonamides is 1. The van der Waals surface area contributed by atoms with Gasteiger partial charge in [-0.2, -0.15) is 0 Å². The molecule has 1 amide bonds. The van der Waals surface area contributed by atoms with Gasteiger partial charge in [0.15, 0.2) is 6.10 Å². The molecule has 0 saturated heterocycles. The topological polar surface area (TPSA) is 84.5 Å². The van der Waals surface area contributed by atoms with Crippen molar-refractivity contribution < 1.29 is 17.9 Å². The Kier molecular flexibility index (Phi) is 6.05. The summed E-state index contributed by atoms with van der Waals surface area (Å²) < 4.78 is 29.8. The lowest BCUT2D eigenvalue weighted by molar-refractivity contribution is -0.127. The van der Waals surface area contributed by atoms with Crippen LogP contribution < -0.4 is 15.0 Å². The summed E-state index contributed by atoms with van der Waals surface area (Å²) in [7, 11) is -3.84. The third-order valence-electron chi connectivity index (χ3n) is 3.45. The Hall–Kier alpha value is -2.09. The number of rotatable bonds is 6. The van der Waals surface area contributed by atoms with Gasteiger partial charge in [0.1, 0.15) is 5.75 Å². The van der Waals surface area contributed by atoms with Crippen LogP contribution in [-0.4, -0.2) is 20.4 Å². The number of carbonyl (C=O) groups excluding carboxylic acids is 1. The first-order chi connectivity index (χ1) is 11.7. The molecule has 0 radical (unpaired) electrons. The summed E-state index contributed by atoms with van der Waals surface area (Å²) >= 11 is 5.97. The normalized spacial score (nSPS) is 12.5. The van der Waals surface area contributed by atoms with Crippen LogP contribution in [0.3, 0.4) is 0 Å². The third kappa shape index (κ3) is 4.94. The van der Waals surface area contributed by atoms with Crippen LogP contribution in [0.2, 0.25) is 5.02 Å². The van der Waals surface area contributed by atoms with Crippen molar-refractivity contribution in [2.24, 2.45) is 0 Å². The Morgan fingerprint density at radius 3 is 2.24 bits per heavy atom. The molecule has 8 heteroatoms. The van der Waals surface area contributed by atoms with Gasteiger partial charge in [0.25, 0.3) is 15.9 Å². The Bertz CT molecular complexity index is 846. The zero-order valence-corrected chi connectivity index (χ0v) is 15.6. The van der Waals surface area contributed by atoms with E-state index >= 15 is 0 Å². The summed E-state index contributed by atoms with van der Waals surface area (Å²) in [4.78, 5) is 14.2. The minimum absolute atomic E-state index is 0.0493. The van der Waals surface area contributed by atoms with E-state index in [0.717, 1.165) is 11.1 Å². The maximum atomic E-state index is 12.1. The van der Waals surface area contributed by atoms with Crippen LogP contribution >= 0.6 is 11.6 Å². The van der Waals surface area contributed by atoms with Crippen molar-refractivity contribution in [3.63, 3.8) is 0 Å². The van der Waals surface area contributed by atoms with E-state index < -0.39 is 22.0 Å². The molecule has 0 heterocycles. The van der Waals surface area contributed by atoms with E-state index in [2.05, 4.69) is 10.3 Å². The minimum Gasteiger partial charge on any atom is -0.480 e. The fraction of sp³-hybridized carbons (Fsp3) is 0.235. The molecule has 0 saturated carbocycles. The molecule has 0 aliphatic rings. The Balaban J connectivity index is 2.02. The molecule has 2 aromatic rings. The lowest BCUT2D eigenvalue weighted by Gasteiger charge is -2.18. The molecule has 25 heavy (non-hydrogen) atoms. The van der Waals surface area contributed by atoms with Gasteiger partial charge in [0, 0.05) is 5.02 Å². The largest absolute Gasteiger partial charge is 0.480 e. The van der Waals surface area contributed by atoms with Gasteiger partial charge in [-0.25, -0.2) is 8.42 Å². The van der Waals surface area contributed by atoms with Crippen molar-refractivity contribution >= 4 is 27.5 Å². The Morgan fingerprint density at radius 1 is 1.12 bits per heavy atom. The number of halogens is 1. The Morgan fingerprint density at radius 2 is 1.68 bits per heavy atom. The van der Waals surface area contributed by atoms with Gasteiger partial charge in [-0.15, -0.1) is 4.83 Å². The van der Waals surface area contributed by atoms with Crippen molar-refractivity contribution in [3.05, 3.63) is 58.6 Å². The molecule has 2 N–H and O–H groups in total. The lowest BCUT2D eigenvalue weighted by atomic mass is 10.1. The minimum atomic E-state index is -3.84. The number of hydrogen-bond acceptors (Lipinski definition) is 4. The van der Waals surface area contributed by atoms with Gasteiger partial charge in [0.2, 0.25) is 0 Å². The highest BCUT2D eigenvalue weighted by Gasteiger charge is 2.20. The lowest BCUT2D eigenvalue weighted by Crippen LogP contribution is -2.47. The molecule has 2 rings (SSSR count). The molecule has 2 aromatic carbocycles. The second-order valence-electron chi connectivity index (χ2n) is 5.54. The van der Waals surface area contributed by atoms with E-state index in [0.29, 0.717) is 10.8 Å². The summed E-state index contributed by atoms with van der Waals surface area (Å²) in [5.41, 5.74) is 3.74. The highest BCUT2D eigenvalue weighted by molar-refractivity contribution is 7.89. The number of hydrazine groups is 1. The molecule has 0 spiro atoms. The van der Waals surface area contributed by atoms with Gasteiger partial charge >= 0.3 is 0 Å². The standard InChI is InChI=1S/C17H19ClN2O4S/c1-11-9-14(18)10-12(2)16(11)24-13(3)17(21)19-20-25(22,23)15-7-5-4-6-8-15/h4-10,13,20H,1-3H3,(H,19,21)/t13-/m1/s1. The van der Waals surface area contributed by atoms with Crippen molar-refractivity contribution in [2.45, 2.75) is 31.8 Å². The molecule has 0 aliphatic heterocycles. The maximum absolute atomic E-state index is 12.1. The van der Waals surface area contributed by atoms with Gasteiger partial charge < -0.3 is 4.74 Å². The molecule has 134 valence electrons. The summed E-state index contributed by atoms with van der Waals surface area (Å²) in [6, 6.07) is 11.2. The van der Waals surface area contributed by atoms with Crippen molar-refractivity contribution in [1.82, 2.24) is 10.3 Å². The predicted octanol–water partition coefficient (Wildman–Crippen LogP) is 2.73. The van der Waals surface area contributed by atoms with Crippen LogP contribution in [0.5, 0.6) is 5.75 Å². The number of benzene rings is 2. The van der Waals surface area contributed by atoms with Crippen molar-refractivity contribution in [2.75, 3.05) is 0 Å². The smallest absolute Gasteiger partial charge is 0.275 e. The van der Waals surface area contributed by atoms with Crippen LogP contribution in [-0.2, 0) is 14.8 Å². The van der Waals surface area contributed by atoms with Crippen LogP contribution in [0.4, 0.5) is 0 Å². The molecule has 0 aliphatic carbocycles. The number of nitrogens with one attached hydrogen (secondary N) is 2. The summed E-state index contributed by atoms with van der Waals surface area (Å²) in [5.74, 6) is -0.0776. The molecular formula is C17H19ClN2O4S. The summed E-state index contributed by atoms with van der Waals surface area (Å²) in [6.07, 6.45) is -0.906. The van der Waals surface area contributed by atoms with Gasteiger partial charge in [-0.1, -0.05) is 29.8 Å². The van der Waals surface area contributed by atoms with Crippen molar-refractivity contribution in [1.29, 1.82) is 0 Å². The first-order valence-electron chi connectivity index (χ1n) is 7.51. The highest BCUT2D eigenvalue weighted by atomic mass is 35.5. The molecule has 1 atom stereocenters. The molecule has 0 unspecified atom stereocenters. The number of carbonyl (C=O) groups is 1. The maximum Gasteiger partial charge on any atom is 0.275 e. The third-order valence-corrected chi connectivity index (χ3v) is 4.93. The zero-order chi connectivity index (χ0) is 18.6. The van der Waals surface area contributed by atoms with E-state index in [-0.39, 0.29) is 4.90 Å². The summed E-state index contributed by atoms with van der Waals surface area (Å²) in [6.45, 7) is 5.16. The van der Waals surface area contributed by atoms with E-state index in [1.165, 1.54) is 19.1 Å². The molecule has 0 aromatic heterocycles. The van der Waals surface area contributed by atoms with E-state index in [4.69, 9.17) is 16.3 Å². The highest BCUT2D eigenvalue weighted by Crippen LogP contribution is 2.27. The first-order valence-corrected chi connectivity index (χ1v) is 9.37. The Labute approximate surface area is 152 Å². The van der Waals surface area contributed by atoms with Gasteiger partial charge in [-0.05, 0) is 56.2 Å². The summed E-state index contributed by atoms with van der Waals surface area (Å²) in [5, 5.41) is 0.579. The average molecular weight is 383 g/mol. The SMILES string of the molecule is Cc1cc(Cl)cc(C)c1O[C@H](C)C(=O)NNS(=O)(=O)c1ccccc1. The van der Waals surface area contributed by atoms with Gasteiger partial charge in [-0.3, -0.25) is 10.2 Å². The molecule has 6 nitrogen and oxygen atoms in total. The fourth-order valence-electron chi connectivity index (χ4n) is 2.19. The van der Waals surface area contributed by atoms with E-state index in [9.17, 15) is 13.2 Å². The number of hydrogen-bond donors (Lipinski definition) is 2. The average Bonchev–Trinajstić information content (AvgIpc) is 2.56. The fourth-order valence-corrected chi connectivity index (χ4v) is 3.39. The van der Waals surface area contributed by atoms with E-state index in [1.807, 2.05) is 13.8 Å². The van der Waals surface area contributed by atoms with Crippen LogP contribution in [0.15, 0.2) is 47.4 Å². The van der Waals surface area contributed by atoms with Crippen LogP contribution in [0.1, 0.15) is 18.1 Å². The predicted molar refractivity (Wildman–Crippen MR) is 95.9 cm³/mol. The quantitative estimate of drug-likeness (QED) is 0.752. The molecule has 0 bridgehead atoms. The second-order valence-corrected chi connectivity index (χ2v) is 7.66. The first kappa shape index (κ1) is 19.2. The number of aryl methyl sites for hydroxylation is 2. The van der Waals surface area contributed by atoms with Crippen LogP contribution in [0, 0.1) is 13.8 Å². The molecule has 0 fully saturated rings. The number of ether oxygens (including phenoxy) is 1. The van der Waals surface area contributed by atoms with Gasteiger partial charge in [0.05, 0.1) is 4.90 Å². The monoisotopic (exact) mass is 382 g/mol. The molecular weight excluding hydrogens is 364 g/mol.